The second-order valence-electron chi connectivity index (χ2n) is 5.96. The van der Waals surface area contributed by atoms with Gasteiger partial charge >= 0.3 is 0 Å². The SMILES string of the molecule is CCCCN(C)C(=O)CCN(CCc1cccc(Cl)c1)S(C)(=O)=O. The summed E-state index contributed by atoms with van der Waals surface area (Å²) in [5.74, 6) is -0.0279. The predicted octanol–water partition coefficient (Wildman–Crippen LogP) is 2.79. The minimum Gasteiger partial charge on any atom is -0.346 e. The minimum absolute atomic E-state index is 0.0279. The molecule has 0 saturated carbocycles. The van der Waals surface area contributed by atoms with Crippen LogP contribution < -0.4 is 0 Å². The van der Waals surface area contributed by atoms with Crippen molar-refractivity contribution in [2.45, 2.75) is 32.6 Å². The molecule has 0 bridgehead atoms. The van der Waals surface area contributed by atoms with Gasteiger partial charge in [-0.05, 0) is 30.5 Å². The van der Waals surface area contributed by atoms with E-state index in [1.807, 2.05) is 18.2 Å². The molecule has 0 atom stereocenters. The van der Waals surface area contributed by atoms with E-state index in [4.69, 9.17) is 11.6 Å². The van der Waals surface area contributed by atoms with Gasteiger partial charge in [0, 0.05) is 38.1 Å². The lowest BCUT2D eigenvalue weighted by Gasteiger charge is -2.22. The molecule has 0 aliphatic rings. The summed E-state index contributed by atoms with van der Waals surface area (Å²) in [5.41, 5.74) is 0.975. The van der Waals surface area contributed by atoms with Crippen LogP contribution in [0.5, 0.6) is 0 Å². The van der Waals surface area contributed by atoms with Crippen molar-refractivity contribution in [3.8, 4) is 0 Å². The van der Waals surface area contributed by atoms with Crippen molar-refractivity contribution in [2.24, 2.45) is 0 Å². The molecule has 1 amide bonds. The highest BCUT2D eigenvalue weighted by Crippen LogP contribution is 2.12. The zero-order valence-electron chi connectivity index (χ0n) is 14.7. The molecule has 0 spiro atoms. The minimum atomic E-state index is -3.35. The number of amides is 1. The third kappa shape index (κ3) is 7.64. The summed E-state index contributed by atoms with van der Waals surface area (Å²) < 4.78 is 25.3. The van der Waals surface area contributed by atoms with E-state index in [-0.39, 0.29) is 18.9 Å². The van der Waals surface area contributed by atoms with Gasteiger partial charge in [-0.25, -0.2) is 12.7 Å². The highest BCUT2D eigenvalue weighted by molar-refractivity contribution is 7.88. The zero-order chi connectivity index (χ0) is 18.2. The van der Waals surface area contributed by atoms with E-state index in [0.717, 1.165) is 18.4 Å². The molecule has 24 heavy (non-hydrogen) atoms. The average molecular weight is 375 g/mol. The molecule has 7 heteroatoms. The molecule has 136 valence electrons. The maximum absolute atomic E-state index is 12.1. The summed E-state index contributed by atoms with van der Waals surface area (Å²) in [5, 5.41) is 0.631. The van der Waals surface area contributed by atoms with Crippen LogP contribution in [-0.4, -0.2) is 56.5 Å². The quantitative estimate of drug-likeness (QED) is 0.632. The van der Waals surface area contributed by atoms with E-state index >= 15 is 0 Å². The first-order valence-electron chi connectivity index (χ1n) is 8.17. The molecule has 0 unspecified atom stereocenters. The maximum atomic E-state index is 12.1. The molecule has 1 rings (SSSR count). The molecule has 0 aliphatic carbocycles. The predicted molar refractivity (Wildman–Crippen MR) is 98.7 cm³/mol. The van der Waals surface area contributed by atoms with Crippen LogP contribution in [-0.2, 0) is 21.2 Å². The molecule has 0 fully saturated rings. The number of halogens is 1. The van der Waals surface area contributed by atoms with Gasteiger partial charge < -0.3 is 4.90 Å². The van der Waals surface area contributed by atoms with Crippen LogP contribution in [0.1, 0.15) is 31.7 Å². The summed E-state index contributed by atoms with van der Waals surface area (Å²) in [6.07, 6.45) is 3.91. The lowest BCUT2D eigenvalue weighted by Crippen LogP contribution is -2.36. The van der Waals surface area contributed by atoms with Gasteiger partial charge in [0.05, 0.1) is 6.26 Å². The highest BCUT2D eigenvalue weighted by atomic mass is 35.5. The van der Waals surface area contributed by atoms with Gasteiger partial charge in [0.1, 0.15) is 0 Å². The van der Waals surface area contributed by atoms with Gasteiger partial charge in [0.15, 0.2) is 0 Å². The largest absolute Gasteiger partial charge is 0.346 e. The Labute approximate surface area is 150 Å². The Bertz CT molecular complexity index is 634. The van der Waals surface area contributed by atoms with E-state index in [9.17, 15) is 13.2 Å². The second kappa shape index (κ2) is 10.0. The molecule has 0 aliphatic heterocycles. The van der Waals surface area contributed by atoms with E-state index in [1.54, 1.807) is 18.0 Å². The van der Waals surface area contributed by atoms with E-state index in [0.29, 0.717) is 24.5 Å². The monoisotopic (exact) mass is 374 g/mol. The van der Waals surface area contributed by atoms with E-state index in [1.165, 1.54) is 10.6 Å². The van der Waals surface area contributed by atoms with Crippen molar-refractivity contribution in [1.29, 1.82) is 0 Å². The normalized spacial score (nSPS) is 11.7. The lowest BCUT2D eigenvalue weighted by atomic mass is 10.1. The molecule has 1 aromatic carbocycles. The highest BCUT2D eigenvalue weighted by Gasteiger charge is 2.19. The molecule has 0 N–H and O–H groups in total. The summed E-state index contributed by atoms with van der Waals surface area (Å²) in [6, 6.07) is 7.36. The van der Waals surface area contributed by atoms with Crippen LogP contribution >= 0.6 is 11.6 Å². The molecular weight excluding hydrogens is 348 g/mol. The number of nitrogens with zero attached hydrogens (tertiary/aromatic N) is 2. The average Bonchev–Trinajstić information content (AvgIpc) is 2.51. The Balaban J connectivity index is 2.59. The van der Waals surface area contributed by atoms with Crippen molar-refractivity contribution < 1.29 is 13.2 Å². The number of hydrogen-bond acceptors (Lipinski definition) is 3. The molecule has 0 radical (unpaired) electrons. The Morgan fingerprint density at radius 2 is 1.92 bits per heavy atom. The smallest absolute Gasteiger partial charge is 0.223 e. The number of carbonyl (C=O) groups excluding carboxylic acids is 1. The molecule has 0 aromatic heterocycles. The van der Waals surface area contributed by atoms with Crippen LogP contribution in [0.2, 0.25) is 5.02 Å². The molecule has 0 saturated heterocycles. The van der Waals surface area contributed by atoms with Gasteiger partial charge in [0.25, 0.3) is 0 Å². The number of carbonyl (C=O) groups is 1. The van der Waals surface area contributed by atoms with E-state index in [2.05, 4.69) is 6.92 Å². The van der Waals surface area contributed by atoms with Crippen molar-refractivity contribution in [3.05, 3.63) is 34.9 Å². The Morgan fingerprint density at radius 1 is 1.21 bits per heavy atom. The first-order valence-corrected chi connectivity index (χ1v) is 10.4. The Morgan fingerprint density at radius 3 is 2.50 bits per heavy atom. The summed E-state index contributed by atoms with van der Waals surface area (Å²) >= 11 is 5.95. The van der Waals surface area contributed by atoms with Crippen LogP contribution in [0, 0.1) is 0 Å². The fourth-order valence-electron chi connectivity index (χ4n) is 2.32. The van der Waals surface area contributed by atoms with Crippen LogP contribution in [0.15, 0.2) is 24.3 Å². The van der Waals surface area contributed by atoms with Crippen molar-refractivity contribution >= 4 is 27.5 Å². The third-order valence-corrected chi connectivity index (χ3v) is 5.39. The summed E-state index contributed by atoms with van der Waals surface area (Å²) in [7, 11) is -1.60. The van der Waals surface area contributed by atoms with Crippen LogP contribution in [0.25, 0.3) is 0 Å². The lowest BCUT2D eigenvalue weighted by molar-refractivity contribution is -0.130. The van der Waals surface area contributed by atoms with Crippen molar-refractivity contribution in [2.75, 3.05) is 32.9 Å². The Hall–Kier alpha value is -1.11. The molecule has 0 heterocycles. The maximum Gasteiger partial charge on any atom is 0.223 e. The van der Waals surface area contributed by atoms with Gasteiger partial charge in [0.2, 0.25) is 15.9 Å². The molecule has 5 nitrogen and oxygen atoms in total. The van der Waals surface area contributed by atoms with Gasteiger partial charge in [-0.3, -0.25) is 4.79 Å². The fourth-order valence-corrected chi connectivity index (χ4v) is 3.38. The van der Waals surface area contributed by atoms with Crippen LogP contribution in [0.4, 0.5) is 0 Å². The fraction of sp³-hybridized carbons (Fsp3) is 0.588. The standard InChI is InChI=1S/C17H27ClN2O3S/c1-4-5-11-19(2)17(21)10-13-20(24(3,22)23)12-9-15-7-6-8-16(18)14-15/h6-8,14H,4-5,9-13H2,1-3H3. The summed E-state index contributed by atoms with van der Waals surface area (Å²) in [6.45, 7) is 3.32. The number of benzene rings is 1. The summed E-state index contributed by atoms with van der Waals surface area (Å²) in [4.78, 5) is 13.8. The van der Waals surface area contributed by atoms with E-state index < -0.39 is 10.0 Å². The van der Waals surface area contributed by atoms with Crippen molar-refractivity contribution in [1.82, 2.24) is 9.21 Å². The molecular formula is C17H27ClN2O3S. The van der Waals surface area contributed by atoms with Gasteiger partial charge in [-0.1, -0.05) is 37.1 Å². The molecule has 1 aromatic rings. The number of unbranched alkanes of at least 4 members (excludes halogenated alkanes) is 1. The third-order valence-electron chi connectivity index (χ3n) is 3.86. The van der Waals surface area contributed by atoms with Crippen LogP contribution in [0.3, 0.4) is 0 Å². The van der Waals surface area contributed by atoms with Gasteiger partial charge in [-0.2, -0.15) is 0 Å². The first kappa shape index (κ1) is 20.9. The topological polar surface area (TPSA) is 57.7 Å². The second-order valence-corrected chi connectivity index (χ2v) is 8.38. The number of hydrogen-bond donors (Lipinski definition) is 0. The number of rotatable bonds is 10. The first-order chi connectivity index (χ1) is 11.2. The van der Waals surface area contributed by atoms with Gasteiger partial charge in [-0.15, -0.1) is 0 Å². The number of sulfonamides is 1. The zero-order valence-corrected chi connectivity index (χ0v) is 16.2. The van der Waals surface area contributed by atoms with Crippen molar-refractivity contribution in [3.63, 3.8) is 0 Å². The Kier molecular flexibility index (Phi) is 8.73.